The number of hydrogen-bond acceptors (Lipinski definition) is 2. The van der Waals surface area contributed by atoms with Crippen LogP contribution in [0.1, 0.15) is 31.9 Å². The van der Waals surface area contributed by atoms with Crippen molar-refractivity contribution in [3.63, 3.8) is 0 Å². The number of fused-ring (bicyclic) bond motifs is 1. The lowest BCUT2D eigenvalue weighted by Crippen LogP contribution is -2.16. The minimum absolute atomic E-state index is 0.0175. The molecule has 4 nitrogen and oxygen atoms in total. The highest BCUT2D eigenvalue weighted by Crippen LogP contribution is 2.32. The van der Waals surface area contributed by atoms with Crippen LogP contribution in [-0.2, 0) is 17.8 Å². The lowest BCUT2D eigenvalue weighted by Gasteiger charge is -2.25. The zero-order valence-corrected chi connectivity index (χ0v) is 19.5. The number of aliphatic carboxylic acids is 1. The van der Waals surface area contributed by atoms with E-state index in [2.05, 4.69) is 34.6 Å². The minimum atomic E-state index is -0.821. The second-order valence-electron chi connectivity index (χ2n) is 7.24. The van der Waals surface area contributed by atoms with Crippen molar-refractivity contribution in [2.24, 2.45) is 0 Å². The first-order valence-corrected chi connectivity index (χ1v) is 11.3. The highest BCUT2D eigenvalue weighted by Gasteiger charge is 2.13. The van der Waals surface area contributed by atoms with E-state index in [0.717, 1.165) is 45.0 Å². The molecular weight excluding hydrogens is 420 g/mol. The SMILES string of the molecule is CC.CCN(c1cccc(Cn2cc(CC(=O)O)c3ccccc32)c1)c1ccccc1Cl. The maximum Gasteiger partial charge on any atom is 0.307 e. The molecule has 0 fully saturated rings. The van der Waals surface area contributed by atoms with Gasteiger partial charge in [0.25, 0.3) is 0 Å². The number of anilines is 2. The Hall–Kier alpha value is -3.24. The second-order valence-corrected chi connectivity index (χ2v) is 7.64. The van der Waals surface area contributed by atoms with E-state index in [1.54, 1.807) is 0 Å². The molecule has 166 valence electrons. The number of nitrogens with zero attached hydrogens (tertiary/aromatic N) is 2. The number of hydrogen-bond donors (Lipinski definition) is 1. The number of rotatable bonds is 7. The molecule has 0 aliphatic carbocycles. The molecule has 0 spiro atoms. The van der Waals surface area contributed by atoms with Crippen molar-refractivity contribution < 1.29 is 9.90 Å². The molecule has 3 aromatic carbocycles. The van der Waals surface area contributed by atoms with Crippen LogP contribution in [0.4, 0.5) is 11.4 Å². The van der Waals surface area contributed by atoms with Gasteiger partial charge >= 0.3 is 5.97 Å². The number of carboxylic acid groups (broad SMARTS) is 1. The molecule has 0 aliphatic heterocycles. The van der Waals surface area contributed by atoms with Crippen molar-refractivity contribution in [1.82, 2.24) is 4.57 Å². The average Bonchev–Trinajstić information content (AvgIpc) is 3.14. The Balaban J connectivity index is 0.00000141. The minimum Gasteiger partial charge on any atom is -0.481 e. The van der Waals surface area contributed by atoms with Crippen LogP contribution in [0, 0.1) is 0 Å². The van der Waals surface area contributed by atoms with E-state index in [1.165, 1.54) is 0 Å². The highest BCUT2D eigenvalue weighted by molar-refractivity contribution is 6.33. The van der Waals surface area contributed by atoms with E-state index in [9.17, 15) is 9.90 Å². The average molecular weight is 449 g/mol. The summed E-state index contributed by atoms with van der Waals surface area (Å²) in [4.78, 5) is 13.5. The van der Waals surface area contributed by atoms with Crippen molar-refractivity contribution in [1.29, 1.82) is 0 Å². The largest absolute Gasteiger partial charge is 0.481 e. The third kappa shape index (κ3) is 5.14. The fourth-order valence-electron chi connectivity index (χ4n) is 3.94. The molecule has 5 heteroatoms. The standard InChI is InChI=1S/C25H23ClN2O2.C2H6/c1-2-28(24-13-6-4-11-22(24)26)20-9-7-8-18(14-20)16-27-17-19(15-25(29)30)21-10-3-5-12-23(21)27;1-2/h3-14,17H,2,15-16H2,1H3,(H,29,30);1-2H3. The topological polar surface area (TPSA) is 45.5 Å². The summed E-state index contributed by atoms with van der Waals surface area (Å²) >= 11 is 6.43. The summed E-state index contributed by atoms with van der Waals surface area (Å²) in [5.74, 6) is -0.821. The Morgan fingerprint density at radius 2 is 1.72 bits per heavy atom. The second kappa shape index (κ2) is 10.9. The summed E-state index contributed by atoms with van der Waals surface area (Å²) in [6.07, 6.45) is 1.97. The van der Waals surface area contributed by atoms with Gasteiger partial charge in [-0.1, -0.05) is 67.9 Å². The van der Waals surface area contributed by atoms with Gasteiger partial charge in [-0.05, 0) is 48.4 Å². The van der Waals surface area contributed by atoms with Crippen molar-refractivity contribution >= 4 is 39.8 Å². The molecule has 0 atom stereocenters. The summed E-state index contributed by atoms with van der Waals surface area (Å²) in [5.41, 5.74) is 5.07. The summed E-state index contributed by atoms with van der Waals surface area (Å²) in [6.45, 7) is 7.56. The first-order chi connectivity index (χ1) is 15.6. The maximum atomic E-state index is 11.3. The van der Waals surface area contributed by atoms with Crippen molar-refractivity contribution in [2.45, 2.75) is 33.7 Å². The van der Waals surface area contributed by atoms with Gasteiger partial charge < -0.3 is 14.6 Å². The molecule has 32 heavy (non-hydrogen) atoms. The van der Waals surface area contributed by atoms with E-state index in [-0.39, 0.29) is 6.42 Å². The summed E-state index contributed by atoms with van der Waals surface area (Å²) in [5, 5.41) is 11.0. The summed E-state index contributed by atoms with van der Waals surface area (Å²) < 4.78 is 2.12. The van der Waals surface area contributed by atoms with Gasteiger partial charge in [0, 0.05) is 35.9 Å². The molecule has 4 rings (SSSR count). The zero-order chi connectivity index (χ0) is 23.1. The molecule has 0 aliphatic rings. The van der Waals surface area contributed by atoms with Gasteiger partial charge in [-0.3, -0.25) is 4.79 Å². The van der Waals surface area contributed by atoms with Crippen LogP contribution in [0.25, 0.3) is 10.9 Å². The maximum absolute atomic E-state index is 11.3. The van der Waals surface area contributed by atoms with E-state index in [4.69, 9.17) is 11.6 Å². The number of aromatic nitrogens is 1. The Bertz CT molecular complexity index is 1200. The van der Waals surface area contributed by atoms with Crippen LogP contribution < -0.4 is 4.90 Å². The zero-order valence-electron chi connectivity index (χ0n) is 18.8. The quantitative estimate of drug-likeness (QED) is 0.326. The van der Waals surface area contributed by atoms with Gasteiger partial charge in [0.05, 0.1) is 17.1 Å². The number of benzene rings is 3. The highest BCUT2D eigenvalue weighted by atomic mass is 35.5. The van der Waals surface area contributed by atoms with E-state index in [0.29, 0.717) is 6.54 Å². The van der Waals surface area contributed by atoms with Gasteiger partial charge in [-0.25, -0.2) is 0 Å². The Morgan fingerprint density at radius 3 is 2.44 bits per heavy atom. The van der Waals surface area contributed by atoms with E-state index < -0.39 is 5.97 Å². The molecule has 0 saturated carbocycles. The van der Waals surface area contributed by atoms with Gasteiger partial charge in [0.15, 0.2) is 0 Å². The molecule has 0 amide bonds. The van der Waals surface area contributed by atoms with Crippen LogP contribution in [0.15, 0.2) is 79.0 Å². The normalized spacial score (nSPS) is 10.5. The van der Waals surface area contributed by atoms with Gasteiger partial charge in [0.1, 0.15) is 0 Å². The van der Waals surface area contributed by atoms with Crippen LogP contribution in [0.3, 0.4) is 0 Å². The summed E-state index contributed by atoms with van der Waals surface area (Å²) in [7, 11) is 0. The molecule has 0 bridgehead atoms. The molecule has 1 heterocycles. The van der Waals surface area contributed by atoms with Crippen LogP contribution >= 0.6 is 11.6 Å². The number of carboxylic acids is 1. The molecule has 0 unspecified atom stereocenters. The van der Waals surface area contributed by atoms with Crippen molar-refractivity contribution in [3.05, 3.63) is 95.1 Å². The molecular formula is C27H29ClN2O2. The molecule has 0 saturated heterocycles. The molecule has 1 aromatic heterocycles. The van der Waals surface area contributed by atoms with E-state index >= 15 is 0 Å². The monoisotopic (exact) mass is 448 g/mol. The number of halogens is 1. The fourth-order valence-corrected chi connectivity index (χ4v) is 4.18. The lowest BCUT2D eigenvalue weighted by atomic mass is 10.1. The van der Waals surface area contributed by atoms with E-state index in [1.807, 2.05) is 74.6 Å². The first kappa shape index (κ1) is 23.4. The Labute approximate surface area is 194 Å². The van der Waals surface area contributed by atoms with Gasteiger partial charge in [-0.2, -0.15) is 0 Å². The summed E-state index contributed by atoms with van der Waals surface area (Å²) in [6, 6.07) is 24.2. The smallest absolute Gasteiger partial charge is 0.307 e. The van der Waals surface area contributed by atoms with Gasteiger partial charge in [-0.15, -0.1) is 0 Å². The third-order valence-corrected chi connectivity index (χ3v) is 5.57. The fraction of sp³-hybridized carbons (Fsp3) is 0.222. The van der Waals surface area contributed by atoms with Crippen LogP contribution in [-0.4, -0.2) is 22.2 Å². The number of para-hydroxylation sites is 2. The molecule has 0 radical (unpaired) electrons. The Morgan fingerprint density at radius 1 is 1.00 bits per heavy atom. The first-order valence-electron chi connectivity index (χ1n) is 11.0. The third-order valence-electron chi connectivity index (χ3n) is 5.25. The predicted octanol–water partition coefficient (Wildman–Crippen LogP) is 7.15. The lowest BCUT2D eigenvalue weighted by molar-refractivity contribution is -0.136. The van der Waals surface area contributed by atoms with Crippen LogP contribution in [0.5, 0.6) is 0 Å². The number of carbonyl (C=O) groups is 1. The Kier molecular flexibility index (Phi) is 7.96. The molecule has 4 aromatic rings. The van der Waals surface area contributed by atoms with Crippen LogP contribution in [0.2, 0.25) is 5.02 Å². The van der Waals surface area contributed by atoms with Crippen molar-refractivity contribution in [2.75, 3.05) is 11.4 Å². The molecule has 1 N–H and O–H groups in total. The van der Waals surface area contributed by atoms with Gasteiger partial charge in [0.2, 0.25) is 0 Å². The van der Waals surface area contributed by atoms with Crippen molar-refractivity contribution in [3.8, 4) is 0 Å². The predicted molar refractivity (Wildman–Crippen MR) is 134 cm³/mol.